The Morgan fingerprint density at radius 2 is 1.53 bits per heavy atom. The van der Waals surface area contributed by atoms with Crippen LogP contribution in [0.25, 0.3) is 11.1 Å². The van der Waals surface area contributed by atoms with Gasteiger partial charge in [0.25, 0.3) is 0 Å². The Balaban J connectivity index is 1.22. The molecule has 7 nitrogen and oxygen atoms in total. The predicted molar refractivity (Wildman–Crippen MR) is 126 cm³/mol. The zero-order chi connectivity index (χ0) is 23.7. The number of aliphatic carboxylic acids is 1. The Morgan fingerprint density at radius 1 is 0.912 bits per heavy atom. The van der Waals surface area contributed by atoms with E-state index in [1.54, 1.807) is 0 Å². The first kappa shape index (κ1) is 22.4. The van der Waals surface area contributed by atoms with Gasteiger partial charge in [0.2, 0.25) is 5.91 Å². The minimum Gasteiger partial charge on any atom is -0.481 e. The quantitative estimate of drug-likeness (QED) is 0.576. The number of benzene rings is 2. The van der Waals surface area contributed by atoms with Gasteiger partial charge in [0, 0.05) is 12.0 Å². The highest BCUT2D eigenvalue weighted by Gasteiger charge is 2.40. The van der Waals surface area contributed by atoms with Gasteiger partial charge < -0.3 is 20.5 Å². The molecule has 3 N–H and O–H groups in total. The van der Waals surface area contributed by atoms with E-state index in [2.05, 4.69) is 34.9 Å². The zero-order valence-electron chi connectivity index (χ0n) is 19.0. The second-order valence-corrected chi connectivity index (χ2v) is 9.63. The Bertz CT molecular complexity index is 1050. The molecule has 0 heterocycles. The molecule has 2 aromatic carbocycles. The van der Waals surface area contributed by atoms with Crippen molar-refractivity contribution in [1.82, 2.24) is 10.6 Å². The predicted octanol–water partition coefficient (Wildman–Crippen LogP) is 4.06. The zero-order valence-corrected chi connectivity index (χ0v) is 19.0. The smallest absolute Gasteiger partial charge is 0.407 e. The molecule has 34 heavy (non-hydrogen) atoms. The molecule has 2 saturated carbocycles. The average Bonchev–Trinajstić information content (AvgIpc) is 3.64. The summed E-state index contributed by atoms with van der Waals surface area (Å²) in [5, 5.41) is 15.2. The SMILES string of the molecule is O=C(NC(C(=O)N[C@@H]1CCCC[C@@H]1C(=O)O)C1CC1)OCC1c2ccccc2-c2ccccc21. The van der Waals surface area contributed by atoms with Crippen LogP contribution in [0.3, 0.4) is 0 Å². The van der Waals surface area contributed by atoms with Crippen LogP contribution in [-0.4, -0.2) is 41.8 Å². The maximum Gasteiger partial charge on any atom is 0.407 e. The fourth-order valence-corrected chi connectivity index (χ4v) is 5.47. The molecule has 0 bridgehead atoms. The van der Waals surface area contributed by atoms with E-state index in [-0.39, 0.29) is 24.3 Å². The van der Waals surface area contributed by atoms with Crippen LogP contribution in [0.4, 0.5) is 4.79 Å². The fourth-order valence-electron chi connectivity index (χ4n) is 5.47. The minimum absolute atomic E-state index is 0.0510. The number of rotatable bonds is 7. The van der Waals surface area contributed by atoms with Crippen LogP contribution in [-0.2, 0) is 14.3 Å². The van der Waals surface area contributed by atoms with Crippen molar-refractivity contribution in [2.24, 2.45) is 11.8 Å². The van der Waals surface area contributed by atoms with E-state index in [1.807, 2.05) is 24.3 Å². The van der Waals surface area contributed by atoms with E-state index < -0.39 is 30.1 Å². The van der Waals surface area contributed by atoms with Gasteiger partial charge >= 0.3 is 12.1 Å². The lowest BCUT2D eigenvalue weighted by Gasteiger charge is -2.30. The summed E-state index contributed by atoms with van der Waals surface area (Å²) in [5.74, 6) is -1.75. The number of amides is 2. The molecular formula is C27H30N2O5. The number of hydrogen-bond donors (Lipinski definition) is 3. The summed E-state index contributed by atoms with van der Waals surface area (Å²) in [6, 6.07) is 15.2. The summed E-state index contributed by atoms with van der Waals surface area (Å²) in [4.78, 5) is 37.3. The molecule has 2 aromatic rings. The van der Waals surface area contributed by atoms with Gasteiger partial charge in [-0.05, 0) is 53.9 Å². The van der Waals surface area contributed by atoms with E-state index >= 15 is 0 Å². The highest BCUT2D eigenvalue weighted by molar-refractivity contribution is 5.87. The molecule has 1 unspecified atom stereocenters. The molecule has 0 saturated heterocycles. The van der Waals surface area contributed by atoms with Crippen molar-refractivity contribution in [2.45, 2.75) is 56.5 Å². The molecule has 2 fully saturated rings. The molecule has 3 aliphatic carbocycles. The third-order valence-electron chi connectivity index (χ3n) is 7.40. The first-order valence-corrected chi connectivity index (χ1v) is 12.2. The normalized spacial score (nSPS) is 22.2. The van der Waals surface area contributed by atoms with E-state index in [9.17, 15) is 19.5 Å². The summed E-state index contributed by atoms with van der Waals surface area (Å²) in [6.45, 7) is 0.183. The summed E-state index contributed by atoms with van der Waals surface area (Å²) in [7, 11) is 0. The average molecular weight is 463 g/mol. The number of carboxylic acid groups (broad SMARTS) is 1. The van der Waals surface area contributed by atoms with Gasteiger partial charge in [-0.1, -0.05) is 61.4 Å². The number of nitrogens with one attached hydrogen (secondary N) is 2. The van der Waals surface area contributed by atoms with Gasteiger partial charge in [-0.3, -0.25) is 9.59 Å². The molecule has 2 amide bonds. The standard InChI is InChI=1S/C27H30N2O5/c30-25(28-23-12-6-5-11-21(23)26(31)32)24(16-13-14-16)29-27(33)34-15-22-19-9-3-1-7-17(19)18-8-2-4-10-20(18)22/h1-4,7-10,16,21-24H,5-6,11-15H2,(H,28,30)(H,29,33)(H,31,32)/t21-,23+,24?/m0/s1. The van der Waals surface area contributed by atoms with Crippen molar-refractivity contribution in [3.63, 3.8) is 0 Å². The van der Waals surface area contributed by atoms with Crippen LogP contribution < -0.4 is 10.6 Å². The maximum absolute atomic E-state index is 13.0. The van der Waals surface area contributed by atoms with Gasteiger partial charge in [0.05, 0.1) is 5.92 Å². The lowest BCUT2D eigenvalue weighted by atomic mass is 9.84. The molecule has 0 spiro atoms. The van der Waals surface area contributed by atoms with E-state index in [4.69, 9.17) is 4.74 Å². The minimum atomic E-state index is -0.877. The molecule has 178 valence electrons. The number of fused-ring (bicyclic) bond motifs is 3. The van der Waals surface area contributed by atoms with Crippen LogP contribution in [0.15, 0.2) is 48.5 Å². The molecule has 3 atom stereocenters. The Labute approximate surface area is 198 Å². The molecule has 3 aliphatic rings. The summed E-state index contributed by atoms with van der Waals surface area (Å²) in [6.07, 6.45) is 4.05. The van der Waals surface area contributed by atoms with Crippen molar-refractivity contribution in [1.29, 1.82) is 0 Å². The van der Waals surface area contributed by atoms with E-state index in [1.165, 1.54) is 0 Å². The molecular weight excluding hydrogens is 432 g/mol. The molecule has 7 heteroatoms. The van der Waals surface area contributed by atoms with E-state index in [0.29, 0.717) is 12.8 Å². The van der Waals surface area contributed by atoms with Crippen molar-refractivity contribution in [2.75, 3.05) is 6.61 Å². The fraction of sp³-hybridized carbons (Fsp3) is 0.444. The second-order valence-electron chi connectivity index (χ2n) is 9.63. The van der Waals surface area contributed by atoms with Crippen LogP contribution in [0.2, 0.25) is 0 Å². The number of carboxylic acids is 1. The largest absolute Gasteiger partial charge is 0.481 e. The van der Waals surface area contributed by atoms with Crippen molar-refractivity contribution < 1.29 is 24.2 Å². The summed E-state index contributed by atoms with van der Waals surface area (Å²) >= 11 is 0. The lowest BCUT2D eigenvalue weighted by molar-refractivity contribution is -0.144. The van der Waals surface area contributed by atoms with Crippen LogP contribution >= 0.6 is 0 Å². The third-order valence-corrected chi connectivity index (χ3v) is 7.40. The molecule has 0 aliphatic heterocycles. The number of alkyl carbamates (subject to hydrolysis) is 1. The molecule has 0 radical (unpaired) electrons. The number of ether oxygens (including phenoxy) is 1. The Kier molecular flexibility index (Phi) is 6.26. The molecule has 5 rings (SSSR count). The second kappa shape index (κ2) is 9.49. The lowest BCUT2D eigenvalue weighted by Crippen LogP contribution is -2.54. The number of carbonyl (C=O) groups excluding carboxylic acids is 2. The van der Waals surface area contributed by atoms with E-state index in [0.717, 1.165) is 47.9 Å². The highest BCUT2D eigenvalue weighted by Crippen LogP contribution is 2.44. The first-order valence-electron chi connectivity index (χ1n) is 12.2. The number of hydrogen-bond acceptors (Lipinski definition) is 4. The highest BCUT2D eigenvalue weighted by atomic mass is 16.5. The van der Waals surface area contributed by atoms with Crippen LogP contribution in [0, 0.1) is 11.8 Å². The van der Waals surface area contributed by atoms with Crippen LogP contribution in [0.5, 0.6) is 0 Å². The summed E-state index contributed by atoms with van der Waals surface area (Å²) < 4.78 is 5.62. The van der Waals surface area contributed by atoms with Crippen molar-refractivity contribution in [3.05, 3.63) is 59.7 Å². The van der Waals surface area contributed by atoms with Gasteiger partial charge in [-0.2, -0.15) is 0 Å². The van der Waals surface area contributed by atoms with Crippen LogP contribution in [0.1, 0.15) is 55.6 Å². The topological polar surface area (TPSA) is 105 Å². The summed E-state index contributed by atoms with van der Waals surface area (Å²) in [5.41, 5.74) is 4.57. The maximum atomic E-state index is 13.0. The Morgan fingerprint density at radius 3 is 2.15 bits per heavy atom. The van der Waals surface area contributed by atoms with Gasteiger partial charge in [0.1, 0.15) is 12.6 Å². The first-order chi connectivity index (χ1) is 16.5. The van der Waals surface area contributed by atoms with Gasteiger partial charge in [-0.25, -0.2) is 4.79 Å². The van der Waals surface area contributed by atoms with Gasteiger partial charge in [0.15, 0.2) is 0 Å². The van der Waals surface area contributed by atoms with Crippen molar-refractivity contribution >= 4 is 18.0 Å². The van der Waals surface area contributed by atoms with Gasteiger partial charge in [-0.15, -0.1) is 0 Å². The Hall–Kier alpha value is -3.35. The monoisotopic (exact) mass is 462 g/mol. The van der Waals surface area contributed by atoms with Crippen molar-refractivity contribution in [3.8, 4) is 11.1 Å². The third kappa shape index (κ3) is 4.52. The molecule has 0 aromatic heterocycles. The number of carbonyl (C=O) groups is 3.